The van der Waals surface area contributed by atoms with Gasteiger partial charge in [-0.1, -0.05) is 38.8 Å². The first-order valence-corrected chi connectivity index (χ1v) is 7.92. The van der Waals surface area contributed by atoms with Gasteiger partial charge in [0.05, 0.1) is 12.6 Å². The molecule has 116 valence electrons. The third-order valence-corrected chi connectivity index (χ3v) is 3.91. The fourth-order valence-electron chi connectivity index (χ4n) is 2.65. The van der Waals surface area contributed by atoms with Crippen molar-refractivity contribution in [1.29, 1.82) is 0 Å². The summed E-state index contributed by atoms with van der Waals surface area (Å²) in [7, 11) is 1.87. The Balaban J connectivity index is 2.02. The van der Waals surface area contributed by atoms with Crippen molar-refractivity contribution in [3.63, 3.8) is 0 Å². The number of carbonyl (C=O) groups is 1. The van der Waals surface area contributed by atoms with Crippen LogP contribution in [-0.4, -0.2) is 30.5 Å². The van der Waals surface area contributed by atoms with E-state index in [2.05, 4.69) is 19.2 Å². The topological polar surface area (TPSA) is 41.6 Å². The number of rotatable bonds is 7. The number of ether oxygens (including phenoxy) is 1. The predicted molar refractivity (Wildman–Crippen MR) is 84.2 cm³/mol. The zero-order valence-corrected chi connectivity index (χ0v) is 13.3. The Kier molecular flexibility index (Phi) is 5.62. The summed E-state index contributed by atoms with van der Waals surface area (Å²) in [5.74, 6) is 1.08. The summed E-state index contributed by atoms with van der Waals surface area (Å²) >= 11 is 0. The van der Waals surface area contributed by atoms with Crippen molar-refractivity contribution in [3.8, 4) is 5.75 Å². The standard InChI is InChI=1S/C17H26N2O2/c1-4-6-7-15-17(20)19(3)16(18-15)13-8-10-14(11-9-13)21-12-5-2/h8-11,15-16,18H,4-7,12H2,1-3H3. The molecule has 1 aromatic rings. The lowest BCUT2D eigenvalue weighted by molar-refractivity contribution is -0.128. The number of benzene rings is 1. The Hall–Kier alpha value is -1.55. The lowest BCUT2D eigenvalue weighted by atomic mass is 10.1. The monoisotopic (exact) mass is 290 g/mol. The Morgan fingerprint density at radius 2 is 1.90 bits per heavy atom. The second kappa shape index (κ2) is 7.46. The molecule has 1 aliphatic heterocycles. The van der Waals surface area contributed by atoms with Gasteiger partial charge in [-0.2, -0.15) is 0 Å². The number of hydrogen-bond acceptors (Lipinski definition) is 3. The first kappa shape index (κ1) is 15.8. The molecule has 0 aliphatic carbocycles. The van der Waals surface area contributed by atoms with Gasteiger partial charge in [0.1, 0.15) is 11.9 Å². The van der Waals surface area contributed by atoms with Crippen LogP contribution in [0.3, 0.4) is 0 Å². The zero-order chi connectivity index (χ0) is 15.2. The first-order valence-electron chi connectivity index (χ1n) is 7.92. The molecule has 1 fully saturated rings. The predicted octanol–water partition coefficient (Wildman–Crippen LogP) is 3.09. The van der Waals surface area contributed by atoms with Crippen LogP contribution in [0.25, 0.3) is 0 Å². The molecule has 21 heavy (non-hydrogen) atoms. The SMILES string of the molecule is CCCCC1NC(c2ccc(OCCC)cc2)N(C)C1=O. The summed E-state index contributed by atoms with van der Waals surface area (Å²) in [6.45, 7) is 4.97. The molecule has 1 N–H and O–H groups in total. The Morgan fingerprint density at radius 3 is 2.52 bits per heavy atom. The summed E-state index contributed by atoms with van der Waals surface area (Å²) in [6.07, 6.45) is 4.08. The van der Waals surface area contributed by atoms with Gasteiger partial charge in [0, 0.05) is 7.05 Å². The van der Waals surface area contributed by atoms with E-state index in [1.807, 2.05) is 36.2 Å². The van der Waals surface area contributed by atoms with E-state index in [0.717, 1.165) is 43.6 Å². The van der Waals surface area contributed by atoms with Crippen molar-refractivity contribution < 1.29 is 9.53 Å². The first-order chi connectivity index (χ1) is 10.2. The van der Waals surface area contributed by atoms with E-state index in [9.17, 15) is 4.79 Å². The maximum Gasteiger partial charge on any atom is 0.241 e. The van der Waals surface area contributed by atoms with Crippen molar-refractivity contribution in [1.82, 2.24) is 10.2 Å². The summed E-state index contributed by atoms with van der Waals surface area (Å²) in [5.41, 5.74) is 1.11. The van der Waals surface area contributed by atoms with Crippen LogP contribution < -0.4 is 10.1 Å². The van der Waals surface area contributed by atoms with E-state index < -0.39 is 0 Å². The number of amides is 1. The van der Waals surface area contributed by atoms with E-state index in [1.54, 1.807) is 0 Å². The second-order valence-electron chi connectivity index (χ2n) is 5.63. The van der Waals surface area contributed by atoms with E-state index in [4.69, 9.17) is 4.74 Å². The molecule has 1 saturated heterocycles. The van der Waals surface area contributed by atoms with Gasteiger partial charge < -0.3 is 9.64 Å². The molecular weight excluding hydrogens is 264 g/mol. The van der Waals surface area contributed by atoms with Crippen molar-refractivity contribution >= 4 is 5.91 Å². The summed E-state index contributed by atoms with van der Waals surface area (Å²) in [4.78, 5) is 14.0. The number of unbranched alkanes of at least 4 members (excludes halogenated alkanes) is 1. The molecule has 4 heteroatoms. The van der Waals surface area contributed by atoms with Gasteiger partial charge in [0.2, 0.25) is 5.91 Å². The number of likely N-dealkylation sites (N-methyl/N-ethyl adjacent to an activating group) is 1. The van der Waals surface area contributed by atoms with Gasteiger partial charge in [-0.05, 0) is 30.5 Å². The molecule has 0 bridgehead atoms. The number of nitrogens with zero attached hydrogens (tertiary/aromatic N) is 1. The Labute approximate surface area is 127 Å². The molecule has 2 unspecified atom stereocenters. The Bertz CT molecular complexity index is 458. The minimum atomic E-state index is -0.0454. The summed E-state index contributed by atoms with van der Waals surface area (Å²) in [6, 6.07) is 7.98. The van der Waals surface area contributed by atoms with Crippen molar-refractivity contribution in [2.24, 2.45) is 0 Å². The van der Waals surface area contributed by atoms with Gasteiger partial charge in [0.25, 0.3) is 0 Å². The van der Waals surface area contributed by atoms with E-state index in [1.165, 1.54) is 0 Å². The highest BCUT2D eigenvalue weighted by Crippen LogP contribution is 2.27. The van der Waals surface area contributed by atoms with Crippen molar-refractivity contribution in [2.45, 2.75) is 51.7 Å². The molecule has 1 amide bonds. The highest BCUT2D eigenvalue weighted by Gasteiger charge is 2.36. The second-order valence-corrected chi connectivity index (χ2v) is 5.63. The van der Waals surface area contributed by atoms with Crippen LogP contribution in [0.1, 0.15) is 51.3 Å². The van der Waals surface area contributed by atoms with Gasteiger partial charge in [0.15, 0.2) is 0 Å². The summed E-state index contributed by atoms with van der Waals surface area (Å²) in [5, 5.41) is 3.44. The van der Waals surface area contributed by atoms with Crippen LogP contribution in [0.4, 0.5) is 0 Å². The average Bonchev–Trinajstić information content (AvgIpc) is 2.79. The number of nitrogens with one attached hydrogen (secondary N) is 1. The maximum atomic E-state index is 12.2. The zero-order valence-electron chi connectivity index (χ0n) is 13.3. The van der Waals surface area contributed by atoms with Crippen LogP contribution in [0.15, 0.2) is 24.3 Å². The molecule has 0 spiro atoms. The highest BCUT2D eigenvalue weighted by molar-refractivity contribution is 5.84. The molecule has 4 nitrogen and oxygen atoms in total. The van der Waals surface area contributed by atoms with E-state index in [0.29, 0.717) is 0 Å². The van der Waals surface area contributed by atoms with Crippen molar-refractivity contribution in [2.75, 3.05) is 13.7 Å². The molecule has 2 rings (SSSR count). The fraction of sp³-hybridized carbons (Fsp3) is 0.588. The normalized spacial score (nSPS) is 21.9. The third-order valence-electron chi connectivity index (χ3n) is 3.91. The quantitative estimate of drug-likeness (QED) is 0.839. The fourth-order valence-corrected chi connectivity index (χ4v) is 2.65. The third kappa shape index (κ3) is 3.76. The largest absolute Gasteiger partial charge is 0.494 e. The Morgan fingerprint density at radius 1 is 1.19 bits per heavy atom. The highest BCUT2D eigenvalue weighted by atomic mass is 16.5. The van der Waals surface area contributed by atoms with E-state index in [-0.39, 0.29) is 18.1 Å². The van der Waals surface area contributed by atoms with Gasteiger partial charge in [-0.15, -0.1) is 0 Å². The van der Waals surface area contributed by atoms with Crippen LogP contribution >= 0.6 is 0 Å². The molecule has 1 heterocycles. The maximum absolute atomic E-state index is 12.2. The smallest absolute Gasteiger partial charge is 0.241 e. The van der Waals surface area contributed by atoms with Crippen molar-refractivity contribution in [3.05, 3.63) is 29.8 Å². The molecule has 0 radical (unpaired) electrons. The lowest BCUT2D eigenvalue weighted by Gasteiger charge is -2.20. The number of hydrogen-bond donors (Lipinski definition) is 1. The molecule has 2 atom stereocenters. The van der Waals surface area contributed by atoms with Gasteiger partial charge in [-0.25, -0.2) is 0 Å². The molecular formula is C17H26N2O2. The van der Waals surface area contributed by atoms with Gasteiger partial charge >= 0.3 is 0 Å². The van der Waals surface area contributed by atoms with Crippen LogP contribution in [0.5, 0.6) is 5.75 Å². The average molecular weight is 290 g/mol. The van der Waals surface area contributed by atoms with E-state index >= 15 is 0 Å². The molecule has 0 aromatic heterocycles. The molecule has 0 saturated carbocycles. The lowest BCUT2D eigenvalue weighted by Crippen LogP contribution is -2.28. The van der Waals surface area contributed by atoms with Gasteiger partial charge in [-0.3, -0.25) is 10.1 Å². The van der Waals surface area contributed by atoms with Crippen LogP contribution in [0.2, 0.25) is 0 Å². The molecule has 1 aliphatic rings. The number of carbonyl (C=O) groups excluding carboxylic acids is 1. The van der Waals surface area contributed by atoms with Crippen LogP contribution in [0, 0.1) is 0 Å². The molecule has 1 aromatic carbocycles. The minimum absolute atomic E-state index is 0.0282. The van der Waals surface area contributed by atoms with Crippen LogP contribution in [-0.2, 0) is 4.79 Å². The summed E-state index contributed by atoms with van der Waals surface area (Å²) < 4.78 is 5.59. The minimum Gasteiger partial charge on any atom is -0.494 e.